The van der Waals surface area contributed by atoms with E-state index in [0.29, 0.717) is 15.4 Å². The second-order valence-corrected chi connectivity index (χ2v) is 4.94. The first kappa shape index (κ1) is 12.3. The van der Waals surface area contributed by atoms with Gasteiger partial charge in [-0.1, -0.05) is 11.6 Å². The minimum Gasteiger partial charge on any atom is -0.441 e. The van der Waals surface area contributed by atoms with Crippen molar-refractivity contribution < 1.29 is 4.74 Å². The van der Waals surface area contributed by atoms with Crippen LogP contribution in [-0.2, 0) is 0 Å². The molecule has 4 nitrogen and oxygen atoms in total. The minimum absolute atomic E-state index is 0.156. The van der Waals surface area contributed by atoms with E-state index in [1.165, 1.54) is 0 Å². The molecule has 0 aromatic carbocycles. The van der Waals surface area contributed by atoms with Crippen LogP contribution in [0.2, 0.25) is 5.15 Å². The fourth-order valence-corrected chi connectivity index (χ4v) is 2.50. The second kappa shape index (κ2) is 5.00. The highest BCUT2D eigenvalue weighted by molar-refractivity contribution is 9.10. The molecular formula is C10H5BrClN3OS. The first-order valence-corrected chi connectivity index (χ1v) is 6.42. The molecule has 2 rings (SSSR count). The summed E-state index contributed by atoms with van der Waals surface area (Å²) in [6, 6.07) is 5.53. The smallest absolute Gasteiger partial charge is 0.219 e. The van der Waals surface area contributed by atoms with Gasteiger partial charge in [-0.2, -0.15) is 9.64 Å². The predicted molar refractivity (Wildman–Crippen MR) is 68.6 cm³/mol. The molecular weight excluding hydrogens is 326 g/mol. The quantitative estimate of drug-likeness (QED) is 0.783. The third-order valence-electron chi connectivity index (χ3n) is 1.89. The zero-order chi connectivity index (χ0) is 12.4. The summed E-state index contributed by atoms with van der Waals surface area (Å²) in [6.45, 7) is 1.87. The van der Waals surface area contributed by atoms with Gasteiger partial charge in [0.05, 0.1) is 0 Å². The number of aryl methyl sites for hydroxylation is 1. The summed E-state index contributed by atoms with van der Waals surface area (Å²) in [6.07, 6.45) is 0. The molecule has 0 radical (unpaired) electrons. The van der Waals surface area contributed by atoms with Crippen molar-refractivity contribution >= 4 is 39.1 Å². The highest BCUT2D eigenvalue weighted by Crippen LogP contribution is 2.36. The molecule has 0 aliphatic carbocycles. The third-order valence-corrected chi connectivity index (χ3v) is 3.56. The van der Waals surface area contributed by atoms with E-state index in [1.54, 1.807) is 6.07 Å². The highest BCUT2D eigenvalue weighted by atomic mass is 79.9. The van der Waals surface area contributed by atoms with Crippen LogP contribution in [-0.4, -0.2) is 9.36 Å². The van der Waals surface area contributed by atoms with E-state index in [9.17, 15) is 0 Å². The maximum Gasteiger partial charge on any atom is 0.219 e. The lowest BCUT2D eigenvalue weighted by Crippen LogP contribution is -1.89. The van der Waals surface area contributed by atoms with Crippen LogP contribution in [0.4, 0.5) is 0 Å². The average Bonchev–Trinajstić information content (AvgIpc) is 2.63. The van der Waals surface area contributed by atoms with Gasteiger partial charge in [-0.15, -0.1) is 0 Å². The molecule has 7 heteroatoms. The molecule has 2 aromatic heterocycles. The van der Waals surface area contributed by atoms with E-state index in [4.69, 9.17) is 21.6 Å². The standard InChI is InChI=1S/C10H5BrClN3OS/c1-5-2-3-7(8(11)14-5)16-10-6(4-13)9(12)15-17-10/h2-3H,1H3. The zero-order valence-electron chi connectivity index (χ0n) is 8.57. The lowest BCUT2D eigenvalue weighted by Gasteiger charge is -2.05. The Hall–Kier alpha value is -1.16. The molecule has 0 fully saturated rings. The van der Waals surface area contributed by atoms with Crippen molar-refractivity contribution in [1.29, 1.82) is 5.26 Å². The first-order valence-electron chi connectivity index (χ1n) is 4.48. The Bertz CT molecular complexity index is 608. The van der Waals surface area contributed by atoms with Crippen molar-refractivity contribution in [3.8, 4) is 16.9 Å². The predicted octanol–water partition coefficient (Wildman–Crippen LogP) is 3.93. The van der Waals surface area contributed by atoms with E-state index in [-0.39, 0.29) is 10.7 Å². The minimum atomic E-state index is 0.156. The van der Waals surface area contributed by atoms with E-state index in [0.717, 1.165) is 17.2 Å². The molecule has 0 spiro atoms. The van der Waals surface area contributed by atoms with Gasteiger partial charge in [0.25, 0.3) is 0 Å². The van der Waals surface area contributed by atoms with Crippen LogP contribution < -0.4 is 4.74 Å². The van der Waals surface area contributed by atoms with Gasteiger partial charge in [-0.05, 0) is 35.0 Å². The van der Waals surface area contributed by atoms with Crippen LogP contribution in [0, 0.1) is 18.3 Å². The van der Waals surface area contributed by atoms with Crippen molar-refractivity contribution in [3.05, 3.63) is 33.1 Å². The molecule has 0 N–H and O–H groups in total. The van der Waals surface area contributed by atoms with Gasteiger partial charge >= 0.3 is 0 Å². The van der Waals surface area contributed by atoms with Crippen LogP contribution in [0.15, 0.2) is 16.7 Å². The third kappa shape index (κ3) is 2.57. The summed E-state index contributed by atoms with van der Waals surface area (Å²) < 4.78 is 9.98. The molecule has 0 aliphatic rings. The lowest BCUT2D eigenvalue weighted by atomic mass is 10.3. The summed E-state index contributed by atoms with van der Waals surface area (Å²) in [4.78, 5) is 4.19. The average molecular weight is 331 g/mol. The van der Waals surface area contributed by atoms with Crippen molar-refractivity contribution in [2.24, 2.45) is 0 Å². The van der Waals surface area contributed by atoms with Crippen molar-refractivity contribution in [2.45, 2.75) is 6.92 Å². The summed E-state index contributed by atoms with van der Waals surface area (Å²) in [5, 5.41) is 9.43. The van der Waals surface area contributed by atoms with Gasteiger partial charge in [0.2, 0.25) is 5.06 Å². The van der Waals surface area contributed by atoms with E-state index in [2.05, 4.69) is 25.3 Å². The maximum absolute atomic E-state index is 8.90. The van der Waals surface area contributed by atoms with Crippen LogP contribution in [0.3, 0.4) is 0 Å². The number of nitriles is 1. The molecule has 0 atom stereocenters. The number of aromatic nitrogens is 2. The van der Waals surface area contributed by atoms with E-state index < -0.39 is 0 Å². The molecule has 0 aliphatic heterocycles. The molecule has 0 unspecified atom stereocenters. The number of nitrogens with zero attached hydrogens (tertiary/aromatic N) is 3. The normalized spacial score (nSPS) is 10.0. The molecule has 17 heavy (non-hydrogen) atoms. The van der Waals surface area contributed by atoms with Crippen molar-refractivity contribution in [1.82, 2.24) is 9.36 Å². The number of hydrogen-bond donors (Lipinski definition) is 0. The Kier molecular flexibility index (Phi) is 3.62. The van der Waals surface area contributed by atoms with Gasteiger partial charge in [0.1, 0.15) is 16.2 Å². The first-order chi connectivity index (χ1) is 8.11. The largest absolute Gasteiger partial charge is 0.441 e. The molecule has 0 amide bonds. The Morgan fingerprint density at radius 3 is 2.94 bits per heavy atom. The number of pyridine rings is 1. The van der Waals surface area contributed by atoms with Crippen LogP contribution >= 0.6 is 39.1 Å². The van der Waals surface area contributed by atoms with E-state index >= 15 is 0 Å². The molecule has 0 saturated heterocycles. The molecule has 2 heterocycles. The Balaban J connectivity index is 2.35. The lowest BCUT2D eigenvalue weighted by molar-refractivity contribution is 0.488. The van der Waals surface area contributed by atoms with Gasteiger partial charge in [0, 0.05) is 17.2 Å². The van der Waals surface area contributed by atoms with Crippen molar-refractivity contribution in [2.75, 3.05) is 0 Å². The number of halogens is 2. The van der Waals surface area contributed by atoms with Gasteiger partial charge in [-0.3, -0.25) is 0 Å². The summed E-state index contributed by atoms with van der Waals surface area (Å²) >= 11 is 10.1. The van der Waals surface area contributed by atoms with E-state index in [1.807, 2.05) is 19.1 Å². The Morgan fingerprint density at radius 1 is 1.53 bits per heavy atom. The fraction of sp³-hybridized carbons (Fsp3) is 0.100. The number of rotatable bonds is 2. The summed E-state index contributed by atoms with van der Waals surface area (Å²) in [5.74, 6) is 0.521. The molecule has 0 bridgehead atoms. The van der Waals surface area contributed by atoms with Crippen LogP contribution in [0.25, 0.3) is 0 Å². The Labute approximate surface area is 115 Å². The van der Waals surface area contributed by atoms with Crippen LogP contribution in [0.1, 0.15) is 11.3 Å². The molecule has 86 valence electrons. The number of ether oxygens (including phenoxy) is 1. The second-order valence-electron chi connectivity index (χ2n) is 3.09. The summed E-state index contributed by atoms with van der Waals surface area (Å²) in [5.41, 5.74) is 1.11. The topological polar surface area (TPSA) is 58.8 Å². The Morgan fingerprint density at radius 2 is 2.29 bits per heavy atom. The monoisotopic (exact) mass is 329 g/mol. The number of hydrogen-bond acceptors (Lipinski definition) is 5. The van der Waals surface area contributed by atoms with Crippen molar-refractivity contribution in [3.63, 3.8) is 0 Å². The van der Waals surface area contributed by atoms with Gasteiger partial charge in [-0.25, -0.2) is 4.98 Å². The zero-order valence-corrected chi connectivity index (χ0v) is 11.7. The van der Waals surface area contributed by atoms with Crippen LogP contribution in [0.5, 0.6) is 10.8 Å². The maximum atomic E-state index is 8.90. The van der Waals surface area contributed by atoms with Gasteiger partial charge < -0.3 is 4.74 Å². The fourth-order valence-electron chi connectivity index (χ4n) is 1.11. The molecule has 2 aromatic rings. The highest BCUT2D eigenvalue weighted by Gasteiger charge is 2.15. The summed E-state index contributed by atoms with van der Waals surface area (Å²) in [7, 11) is 0. The van der Waals surface area contributed by atoms with Gasteiger partial charge in [0.15, 0.2) is 10.9 Å². The SMILES string of the molecule is Cc1ccc(Oc2snc(Cl)c2C#N)c(Br)n1. The molecule has 0 saturated carbocycles.